The lowest BCUT2D eigenvalue weighted by molar-refractivity contribution is 0.515. The minimum absolute atomic E-state index is 0.0947. The molecule has 1 aliphatic heterocycles. The van der Waals surface area contributed by atoms with Crippen LogP contribution in [0.3, 0.4) is 0 Å². The predicted molar refractivity (Wildman–Crippen MR) is 74.6 cm³/mol. The quantitative estimate of drug-likeness (QED) is 0.808. The Hall–Kier alpha value is -1.09. The van der Waals surface area contributed by atoms with E-state index in [-0.39, 0.29) is 5.82 Å². The normalized spacial score (nSPS) is 19.5. The van der Waals surface area contributed by atoms with Gasteiger partial charge in [-0.25, -0.2) is 4.39 Å². The van der Waals surface area contributed by atoms with Gasteiger partial charge in [0.2, 0.25) is 0 Å². The molecule has 1 atom stereocenters. The molecule has 1 fully saturated rings. The Morgan fingerprint density at radius 1 is 1.44 bits per heavy atom. The van der Waals surface area contributed by atoms with Crippen LogP contribution in [0.1, 0.15) is 25.3 Å². The second kappa shape index (κ2) is 6.19. The highest BCUT2D eigenvalue weighted by Crippen LogP contribution is 2.26. The molecule has 0 radical (unpaired) electrons. The van der Waals surface area contributed by atoms with Crippen molar-refractivity contribution < 1.29 is 4.39 Å². The van der Waals surface area contributed by atoms with Crippen molar-refractivity contribution in [1.29, 1.82) is 0 Å². The van der Waals surface area contributed by atoms with Crippen molar-refractivity contribution in [1.82, 2.24) is 5.32 Å². The SMILES string of the molecule is CCCNCC1CCN(c2cc(C)ccc2F)C1. The molecule has 0 bridgehead atoms. The van der Waals surface area contributed by atoms with E-state index in [9.17, 15) is 4.39 Å². The lowest BCUT2D eigenvalue weighted by atomic mass is 10.1. The fraction of sp³-hybridized carbons (Fsp3) is 0.600. The Kier molecular flexibility index (Phi) is 4.59. The standard InChI is InChI=1S/C15H23FN2/c1-3-7-17-10-13-6-8-18(11-13)15-9-12(2)4-5-14(15)16/h4-5,9,13,17H,3,6-8,10-11H2,1-2H3. The number of halogens is 1. The molecular weight excluding hydrogens is 227 g/mol. The summed E-state index contributed by atoms with van der Waals surface area (Å²) in [5.41, 5.74) is 1.90. The average molecular weight is 250 g/mol. The summed E-state index contributed by atoms with van der Waals surface area (Å²) in [6.45, 7) is 8.26. The van der Waals surface area contributed by atoms with Crippen molar-refractivity contribution in [3.8, 4) is 0 Å². The van der Waals surface area contributed by atoms with Crippen LogP contribution in [0, 0.1) is 18.7 Å². The molecular formula is C15H23FN2. The molecule has 1 aromatic carbocycles. The summed E-state index contributed by atoms with van der Waals surface area (Å²) in [5, 5.41) is 3.45. The third-order valence-electron chi connectivity index (χ3n) is 3.59. The highest BCUT2D eigenvalue weighted by molar-refractivity contribution is 5.50. The molecule has 2 nitrogen and oxygen atoms in total. The van der Waals surface area contributed by atoms with Gasteiger partial charge in [0, 0.05) is 13.1 Å². The Balaban J connectivity index is 1.93. The lowest BCUT2D eigenvalue weighted by Gasteiger charge is -2.20. The molecule has 0 aromatic heterocycles. The van der Waals surface area contributed by atoms with Gasteiger partial charge in [-0.2, -0.15) is 0 Å². The van der Waals surface area contributed by atoms with Gasteiger partial charge in [0.05, 0.1) is 5.69 Å². The Morgan fingerprint density at radius 3 is 3.06 bits per heavy atom. The molecule has 1 N–H and O–H groups in total. The minimum Gasteiger partial charge on any atom is -0.369 e. The zero-order valence-electron chi connectivity index (χ0n) is 11.4. The zero-order valence-corrected chi connectivity index (χ0v) is 11.4. The second-order valence-corrected chi connectivity index (χ2v) is 5.26. The summed E-state index contributed by atoms with van der Waals surface area (Å²) in [5.74, 6) is 0.555. The maximum atomic E-state index is 13.8. The molecule has 1 unspecified atom stereocenters. The first-order valence-electron chi connectivity index (χ1n) is 6.92. The summed E-state index contributed by atoms with van der Waals surface area (Å²) in [6, 6.07) is 5.36. The molecule has 18 heavy (non-hydrogen) atoms. The monoisotopic (exact) mass is 250 g/mol. The fourth-order valence-electron chi connectivity index (χ4n) is 2.57. The number of hydrogen-bond acceptors (Lipinski definition) is 2. The molecule has 2 rings (SSSR count). The van der Waals surface area contributed by atoms with E-state index >= 15 is 0 Å². The van der Waals surface area contributed by atoms with Crippen LogP contribution in [-0.2, 0) is 0 Å². The van der Waals surface area contributed by atoms with E-state index in [2.05, 4.69) is 17.1 Å². The Labute approximate surface area is 109 Å². The van der Waals surface area contributed by atoms with Gasteiger partial charge < -0.3 is 10.2 Å². The van der Waals surface area contributed by atoms with Crippen LogP contribution in [0.15, 0.2) is 18.2 Å². The van der Waals surface area contributed by atoms with Gasteiger partial charge in [-0.15, -0.1) is 0 Å². The molecule has 0 aliphatic carbocycles. The van der Waals surface area contributed by atoms with Gasteiger partial charge in [-0.05, 0) is 56.5 Å². The molecule has 1 aliphatic rings. The van der Waals surface area contributed by atoms with Gasteiger partial charge in [-0.1, -0.05) is 13.0 Å². The number of nitrogens with one attached hydrogen (secondary N) is 1. The van der Waals surface area contributed by atoms with Gasteiger partial charge >= 0.3 is 0 Å². The lowest BCUT2D eigenvalue weighted by Crippen LogP contribution is -2.27. The Morgan fingerprint density at radius 2 is 2.28 bits per heavy atom. The average Bonchev–Trinajstić information content (AvgIpc) is 2.81. The summed E-state index contributed by atoms with van der Waals surface area (Å²) >= 11 is 0. The van der Waals surface area contributed by atoms with Crippen LogP contribution < -0.4 is 10.2 Å². The highest BCUT2D eigenvalue weighted by atomic mass is 19.1. The van der Waals surface area contributed by atoms with Crippen molar-refractivity contribution in [2.75, 3.05) is 31.1 Å². The van der Waals surface area contributed by atoms with Gasteiger partial charge in [-0.3, -0.25) is 0 Å². The van der Waals surface area contributed by atoms with Crippen molar-refractivity contribution in [2.45, 2.75) is 26.7 Å². The van der Waals surface area contributed by atoms with Gasteiger partial charge in [0.15, 0.2) is 0 Å². The second-order valence-electron chi connectivity index (χ2n) is 5.26. The first kappa shape index (κ1) is 13.3. The summed E-state index contributed by atoms with van der Waals surface area (Å²) < 4.78 is 13.8. The first-order chi connectivity index (χ1) is 8.70. The van der Waals surface area contributed by atoms with Crippen LogP contribution in [0.5, 0.6) is 0 Å². The van der Waals surface area contributed by atoms with Gasteiger partial charge in [0.1, 0.15) is 5.82 Å². The van der Waals surface area contributed by atoms with Crippen LogP contribution in [0.2, 0.25) is 0 Å². The number of hydrogen-bond donors (Lipinski definition) is 1. The molecule has 0 amide bonds. The summed E-state index contributed by atoms with van der Waals surface area (Å²) in [4.78, 5) is 2.18. The maximum absolute atomic E-state index is 13.8. The van der Waals surface area contributed by atoms with Crippen molar-refractivity contribution in [3.63, 3.8) is 0 Å². The van der Waals surface area contributed by atoms with E-state index in [1.54, 1.807) is 6.07 Å². The minimum atomic E-state index is -0.0947. The topological polar surface area (TPSA) is 15.3 Å². The molecule has 3 heteroatoms. The van der Waals surface area contributed by atoms with Crippen molar-refractivity contribution in [3.05, 3.63) is 29.6 Å². The number of benzene rings is 1. The molecule has 0 saturated carbocycles. The number of rotatable bonds is 5. The van der Waals surface area contributed by atoms with Crippen molar-refractivity contribution >= 4 is 5.69 Å². The molecule has 0 spiro atoms. The largest absolute Gasteiger partial charge is 0.369 e. The molecule has 100 valence electrons. The summed E-state index contributed by atoms with van der Waals surface area (Å²) in [7, 11) is 0. The number of anilines is 1. The van der Waals surface area contributed by atoms with E-state index in [0.717, 1.165) is 43.9 Å². The van der Waals surface area contributed by atoms with E-state index in [4.69, 9.17) is 0 Å². The zero-order chi connectivity index (χ0) is 13.0. The molecule has 1 heterocycles. The van der Waals surface area contributed by atoms with Crippen LogP contribution in [0.4, 0.5) is 10.1 Å². The van der Waals surface area contributed by atoms with Crippen molar-refractivity contribution in [2.24, 2.45) is 5.92 Å². The predicted octanol–water partition coefficient (Wildman–Crippen LogP) is 2.96. The molecule has 1 saturated heterocycles. The van der Waals surface area contributed by atoms with E-state index in [1.807, 2.05) is 19.1 Å². The van der Waals surface area contributed by atoms with Crippen LogP contribution in [-0.4, -0.2) is 26.2 Å². The number of aryl methyl sites for hydroxylation is 1. The number of nitrogens with zero attached hydrogens (tertiary/aromatic N) is 1. The van der Waals surface area contributed by atoms with Gasteiger partial charge in [0.25, 0.3) is 0 Å². The first-order valence-corrected chi connectivity index (χ1v) is 6.92. The smallest absolute Gasteiger partial charge is 0.146 e. The van der Waals surface area contributed by atoms with E-state index < -0.39 is 0 Å². The third-order valence-corrected chi connectivity index (χ3v) is 3.59. The molecule has 1 aromatic rings. The fourth-order valence-corrected chi connectivity index (χ4v) is 2.57. The van der Waals surface area contributed by atoms with E-state index in [1.165, 1.54) is 6.42 Å². The van der Waals surface area contributed by atoms with Crippen LogP contribution >= 0.6 is 0 Å². The van der Waals surface area contributed by atoms with E-state index in [0.29, 0.717) is 5.92 Å². The third kappa shape index (κ3) is 3.22. The summed E-state index contributed by atoms with van der Waals surface area (Å²) in [6.07, 6.45) is 2.33. The maximum Gasteiger partial charge on any atom is 0.146 e. The van der Waals surface area contributed by atoms with Crippen LogP contribution in [0.25, 0.3) is 0 Å². The Bertz CT molecular complexity index is 392. The highest BCUT2D eigenvalue weighted by Gasteiger charge is 2.24.